The second-order valence-electron chi connectivity index (χ2n) is 5.22. The van der Waals surface area contributed by atoms with Gasteiger partial charge in [0, 0.05) is 7.11 Å². The van der Waals surface area contributed by atoms with E-state index < -0.39 is 0 Å². The van der Waals surface area contributed by atoms with Gasteiger partial charge in [0.1, 0.15) is 0 Å². The fraction of sp³-hybridized carbons (Fsp3) is 0.438. The molecule has 2 rings (SSSR count). The third-order valence-corrected chi connectivity index (χ3v) is 2.59. The summed E-state index contributed by atoms with van der Waals surface area (Å²) in [4.78, 5) is 11.2. The molecule has 0 saturated carbocycles. The van der Waals surface area contributed by atoms with Gasteiger partial charge in [-0.25, -0.2) is 0 Å². The topological polar surface area (TPSA) is 29.1 Å². The minimum atomic E-state index is -0.134. The highest BCUT2D eigenvalue weighted by Crippen LogP contribution is 2.28. The van der Waals surface area contributed by atoms with E-state index in [-0.39, 0.29) is 7.33 Å². The Hall–Kier alpha value is -1.57. The van der Waals surface area contributed by atoms with Crippen molar-refractivity contribution in [3.8, 4) is 0 Å². The van der Waals surface area contributed by atoms with E-state index in [9.17, 15) is 4.79 Å². The van der Waals surface area contributed by atoms with Crippen LogP contribution in [0.3, 0.4) is 0 Å². The Kier molecular flexibility index (Phi) is 5.63. The summed E-state index contributed by atoms with van der Waals surface area (Å²) in [7, 11) is 0. The van der Waals surface area contributed by atoms with E-state index in [4.69, 9.17) is 0 Å². The molecule has 0 bridgehead atoms. The van der Waals surface area contributed by atoms with E-state index in [1.165, 1.54) is 23.6 Å². The maximum atomic E-state index is 11.2. The second-order valence-corrected chi connectivity index (χ2v) is 5.22. The third kappa shape index (κ3) is 4.36. The predicted molar refractivity (Wildman–Crippen MR) is 79.9 cm³/mol. The highest BCUT2D eigenvalue weighted by Gasteiger charge is 2.14. The minimum Gasteiger partial charge on any atom is -0.322 e. The van der Waals surface area contributed by atoms with Gasteiger partial charge in [-0.2, -0.15) is 0 Å². The second kappa shape index (κ2) is 7.00. The van der Waals surface area contributed by atoms with Crippen molar-refractivity contribution in [1.29, 1.82) is 0 Å². The molecule has 1 aliphatic carbocycles. The van der Waals surface area contributed by atoms with Crippen molar-refractivity contribution in [2.24, 2.45) is 5.92 Å². The highest BCUT2D eigenvalue weighted by molar-refractivity contribution is 5.99. The molecule has 0 heterocycles. The molecule has 0 fully saturated rings. The molecule has 0 atom stereocenters. The van der Waals surface area contributed by atoms with Crippen LogP contribution in [0.5, 0.6) is 0 Å². The van der Waals surface area contributed by atoms with Gasteiger partial charge in [-0.1, -0.05) is 39.5 Å². The zero-order valence-corrected chi connectivity index (χ0v) is 11.6. The first-order chi connectivity index (χ1) is 8.54. The van der Waals surface area contributed by atoms with Gasteiger partial charge in [-0.3, -0.25) is 4.79 Å². The molecule has 0 saturated heterocycles. The molecule has 0 unspecified atom stereocenters. The van der Waals surface area contributed by atoms with Crippen LogP contribution < -0.4 is 5.32 Å². The van der Waals surface area contributed by atoms with Crippen LogP contribution in [0.15, 0.2) is 30.9 Å². The van der Waals surface area contributed by atoms with Crippen LogP contribution in [-0.4, -0.2) is 5.91 Å². The Labute approximate surface area is 112 Å². The van der Waals surface area contributed by atoms with Crippen LogP contribution in [0.1, 0.15) is 39.7 Å². The Morgan fingerprint density at radius 3 is 2.67 bits per heavy atom. The lowest BCUT2D eigenvalue weighted by atomic mass is 10.1. The fourth-order valence-electron chi connectivity index (χ4n) is 1.92. The Morgan fingerprint density at radius 1 is 1.39 bits per heavy atom. The summed E-state index contributed by atoms with van der Waals surface area (Å²) in [6, 6.07) is 6.07. The number of carbonyl (C=O) groups is 1. The average molecular weight is 247 g/mol. The van der Waals surface area contributed by atoms with Crippen molar-refractivity contribution >= 4 is 11.6 Å². The standard InChI is InChI=1S/C12H13NO.C4H10.H2/c1-2-12(14)13-11-8-4-6-9-5-3-7-10(9)11;1-4(2)3;/h2,4,6,8H,1,3,5,7H2,(H,13,14);4H,1-3H3;1H. The molecule has 2 nitrogen and oxygen atoms in total. The van der Waals surface area contributed by atoms with Gasteiger partial charge < -0.3 is 5.32 Å². The van der Waals surface area contributed by atoms with Crippen molar-refractivity contribution in [2.45, 2.75) is 40.0 Å². The van der Waals surface area contributed by atoms with Crippen molar-refractivity contribution in [2.75, 3.05) is 5.32 Å². The summed E-state index contributed by atoms with van der Waals surface area (Å²) in [5.41, 5.74) is 3.61. The first-order valence-corrected chi connectivity index (χ1v) is 6.58. The summed E-state index contributed by atoms with van der Waals surface area (Å²) in [6.45, 7) is 9.94. The van der Waals surface area contributed by atoms with Crippen molar-refractivity contribution in [1.82, 2.24) is 0 Å². The molecule has 0 aromatic heterocycles. The molecule has 1 N–H and O–H groups in total. The van der Waals surface area contributed by atoms with Crippen LogP contribution in [0.25, 0.3) is 0 Å². The molecule has 0 aliphatic heterocycles. The van der Waals surface area contributed by atoms with Crippen LogP contribution in [0, 0.1) is 5.92 Å². The van der Waals surface area contributed by atoms with Crippen LogP contribution >= 0.6 is 0 Å². The molecule has 1 aromatic rings. The zero-order valence-electron chi connectivity index (χ0n) is 11.6. The molecule has 100 valence electrons. The number of anilines is 1. The highest BCUT2D eigenvalue weighted by atomic mass is 16.1. The van der Waals surface area contributed by atoms with Crippen molar-refractivity contribution < 1.29 is 6.22 Å². The SMILES string of the molecule is C=CC(=O)Nc1cccc2c1CCC2.CC(C)C.[HH]. The van der Waals surface area contributed by atoms with E-state index >= 15 is 0 Å². The van der Waals surface area contributed by atoms with E-state index in [1.807, 2.05) is 12.1 Å². The van der Waals surface area contributed by atoms with Gasteiger partial charge in [0.05, 0.1) is 0 Å². The molecule has 1 aliphatic rings. The molecule has 18 heavy (non-hydrogen) atoms. The molecular weight excluding hydrogens is 222 g/mol. The number of carbonyl (C=O) groups excluding carboxylic acids is 1. The third-order valence-electron chi connectivity index (χ3n) is 2.59. The minimum absolute atomic E-state index is 0. The average Bonchev–Trinajstić information content (AvgIpc) is 2.77. The van der Waals surface area contributed by atoms with Gasteiger partial charge in [-0.15, -0.1) is 0 Å². The van der Waals surface area contributed by atoms with Crippen molar-refractivity contribution in [3.63, 3.8) is 0 Å². The van der Waals surface area contributed by atoms with E-state index in [0.717, 1.165) is 24.4 Å². The zero-order chi connectivity index (χ0) is 13.5. The maximum absolute atomic E-state index is 11.2. The smallest absolute Gasteiger partial charge is 0.247 e. The number of aryl methyl sites for hydroxylation is 1. The lowest BCUT2D eigenvalue weighted by molar-refractivity contribution is -0.111. The summed E-state index contributed by atoms with van der Waals surface area (Å²) in [5, 5.41) is 2.83. The van der Waals surface area contributed by atoms with Gasteiger partial charge in [0.15, 0.2) is 0 Å². The normalized spacial score (nSPS) is 12.4. The van der Waals surface area contributed by atoms with Gasteiger partial charge in [-0.05, 0) is 48.4 Å². The largest absolute Gasteiger partial charge is 0.322 e. The molecule has 1 amide bonds. The monoisotopic (exact) mass is 247 g/mol. The number of amides is 1. The van der Waals surface area contributed by atoms with Crippen LogP contribution in [0.2, 0.25) is 0 Å². The van der Waals surface area contributed by atoms with Crippen molar-refractivity contribution in [3.05, 3.63) is 42.0 Å². The first kappa shape index (κ1) is 14.5. The van der Waals surface area contributed by atoms with Crippen LogP contribution in [-0.2, 0) is 17.6 Å². The molecule has 0 spiro atoms. The number of hydrogen-bond acceptors (Lipinski definition) is 1. The summed E-state index contributed by atoms with van der Waals surface area (Å²) in [5.74, 6) is 0.699. The van der Waals surface area contributed by atoms with Gasteiger partial charge >= 0.3 is 0 Å². The fourth-order valence-corrected chi connectivity index (χ4v) is 1.92. The summed E-state index contributed by atoms with van der Waals surface area (Å²) >= 11 is 0. The lowest BCUT2D eigenvalue weighted by Gasteiger charge is -2.07. The van der Waals surface area contributed by atoms with Crippen LogP contribution in [0.4, 0.5) is 5.69 Å². The molecular formula is C16H25NO. The van der Waals surface area contributed by atoms with Gasteiger partial charge in [0.25, 0.3) is 0 Å². The Bertz CT molecular complexity index is 424. The molecule has 1 aromatic carbocycles. The number of nitrogens with one attached hydrogen (secondary N) is 1. The van der Waals surface area contributed by atoms with E-state index in [1.54, 1.807) is 0 Å². The lowest BCUT2D eigenvalue weighted by Crippen LogP contribution is -2.09. The van der Waals surface area contributed by atoms with Gasteiger partial charge in [0.2, 0.25) is 5.91 Å². The summed E-state index contributed by atoms with van der Waals surface area (Å²) in [6.07, 6.45) is 4.70. The number of benzene rings is 1. The Morgan fingerprint density at radius 2 is 2.06 bits per heavy atom. The predicted octanol–water partition coefficient (Wildman–Crippen LogP) is 4.21. The maximum Gasteiger partial charge on any atom is 0.247 e. The quantitative estimate of drug-likeness (QED) is 0.779. The number of rotatable bonds is 2. The summed E-state index contributed by atoms with van der Waals surface area (Å²) < 4.78 is 0. The van der Waals surface area contributed by atoms with E-state index in [2.05, 4.69) is 38.7 Å². The van der Waals surface area contributed by atoms with E-state index in [0.29, 0.717) is 0 Å². The molecule has 2 heteroatoms. The molecule has 0 radical (unpaired) electrons. The Balaban J connectivity index is 0.000000576. The first-order valence-electron chi connectivity index (χ1n) is 6.58. The number of fused-ring (bicyclic) bond motifs is 1. The number of hydrogen-bond donors (Lipinski definition) is 1.